The summed E-state index contributed by atoms with van der Waals surface area (Å²) in [7, 11) is 0. The molecule has 0 aliphatic heterocycles. The number of nitrogens with zero attached hydrogens (tertiary/aromatic N) is 2. The fourth-order valence-corrected chi connectivity index (χ4v) is 3.29. The Labute approximate surface area is 165 Å². The lowest BCUT2D eigenvalue weighted by molar-refractivity contribution is -0.137. The summed E-state index contributed by atoms with van der Waals surface area (Å²) in [6.07, 6.45) is 1.07. The molecule has 140 valence electrons. The topological polar surface area (TPSA) is 104 Å². The Morgan fingerprint density at radius 3 is 2.67 bits per heavy atom. The normalized spacial score (nSPS) is 10.9. The molecule has 3 aromatic rings. The molecule has 1 heterocycles. The van der Waals surface area contributed by atoms with Crippen molar-refractivity contribution in [3.05, 3.63) is 51.5 Å². The summed E-state index contributed by atoms with van der Waals surface area (Å²) in [5, 5.41) is 21.3. The number of carboxylic acid groups (broad SMARTS) is 2. The van der Waals surface area contributed by atoms with Gasteiger partial charge in [0.15, 0.2) is 5.82 Å². The number of aryl methyl sites for hydroxylation is 1. The smallest absolute Gasteiger partial charge is 0.338 e. The first-order valence-corrected chi connectivity index (χ1v) is 8.79. The van der Waals surface area contributed by atoms with E-state index >= 15 is 4.39 Å². The standard InChI is InChI=1S/C17H12BrClFN3O4/c18-8-1-2-11(10(19)5-8)22-15-9(17(26)27)6-12-16(14(15)20)21-7-23(12)4-3-13(24)25/h1-2,5-7,22H,3-4H2,(H,24,25)(H,26,27). The van der Waals surface area contributed by atoms with Gasteiger partial charge in [-0.05, 0) is 24.3 Å². The lowest BCUT2D eigenvalue weighted by Crippen LogP contribution is -2.08. The molecule has 0 unspecified atom stereocenters. The van der Waals surface area contributed by atoms with Gasteiger partial charge in [-0.1, -0.05) is 27.5 Å². The highest BCUT2D eigenvalue weighted by molar-refractivity contribution is 9.10. The van der Waals surface area contributed by atoms with Crippen molar-refractivity contribution < 1.29 is 24.2 Å². The van der Waals surface area contributed by atoms with E-state index in [4.69, 9.17) is 16.7 Å². The van der Waals surface area contributed by atoms with E-state index in [9.17, 15) is 14.7 Å². The van der Waals surface area contributed by atoms with Crippen molar-refractivity contribution in [2.75, 3.05) is 5.32 Å². The summed E-state index contributed by atoms with van der Waals surface area (Å²) < 4.78 is 17.1. The van der Waals surface area contributed by atoms with Crippen molar-refractivity contribution in [3.63, 3.8) is 0 Å². The van der Waals surface area contributed by atoms with Crippen molar-refractivity contribution in [1.29, 1.82) is 0 Å². The monoisotopic (exact) mass is 455 g/mol. The Kier molecular flexibility index (Phi) is 5.33. The molecule has 0 aliphatic rings. The van der Waals surface area contributed by atoms with Crippen LogP contribution in [0, 0.1) is 5.82 Å². The van der Waals surface area contributed by atoms with Crippen LogP contribution < -0.4 is 5.32 Å². The molecule has 0 spiro atoms. The molecule has 3 rings (SSSR count). The predicted octanol–water partition coefficient (Wildman–Crippen LogP) is 4.51. The van der Waals surface area contributed by atoms with E-state index in [0.717, 1.165) is 0 Å². The zero-order chi connectivity index (χ0) is 19.7. The maximum atomic E-state index is 15.0. The summed E-state index contributed by atoms with van der Waals surface area (Å²) in [6, 6.07) is 6.09. The van der Waals surface area contributed by atoms with Gasteiger partial charge in [0, 0.05) is 11.0 Å². The highest BCUT2D eigenvalue weighted by Gasteiger charge is 2.22. The van der Waals surface area contributed by atoms with E-state index in [2.05, 4.69) is 26.2 Å². The summed E-state index contributed by atoms with van der Waals surface area (Å²) in [4.78, 5) is 26.4. The van der Waals surface area contributed by atoms with Crippen LogP contribution in [0.15, 0.2) is 35.1 Å². The molecule has 3 N–H and O–H groups in total. The van der Waals surface area contributed by atoms with Crippen LogP contribution in [0.2, 0.25) is 5.02 Å². The summed E-state index contributed by atoms with van der Waals surface area (Å²) in [5.74, 6) is -3.24. The van der Waals surface area contributed by atoms with E-state index in [-0.39, 0.29) is 40.3 Å². The highest BCUT2D eigenvalue weighted by atomic mass is 79.9. The number of imidazole rings is 1. The number of fused-ring (bicyclic) bond motifs is 1. The van der Waals surface area contributed by atoms with Gasteiger partial charge in [0.2, 0.25) is 0 Å². The van der Waals surface area contributed by atoms with Crippen LogP contribution in [-0.2, 0) is 11.3 Å². The number of rotatable bonds is 6. The first-order valence-electron chi connectivity index (χ1n) is 7.62. The minimum absolute atomic E-state index is 0.0373. The number of carboxylic acids is 2. The third-order valence-corrected chi connectivity index (χ3v) is 4.65. The van der Waals surface area contributed by atoms with Gasteiger partial charge >= 0.3 is 11.9 Å². The second-order valence-corrected chi connectivity index (χ2v) is 6.94. The van der Waals surface area contributed by atoms with Crippen LogP contribution in [0.5, 0.6) is 0 Å². The summed E-state index contributed by atoms with van der Waals surface area (Å²) in [5.41, 5.74) is -0.149. The lowest BCUT2D eigenvalue weighted by Gasteiger charge is -2.13. The molecule has 0 saturated carbocycles. The SMILES string of the molecule is O=C(O)CCn1cnc2c(F)c(Nc3ccc(Br)cc3Cl)c(C(=O)O)cc21. The van der Waals surface area contributed by atoms with E-state index in [1.807, 2.05) is 0 Å². The molecule has 1 aromatic heterocycles. The van der Waals surface area contributed by atoms with Gasteiger partial charge in [0.25, 0.3) is 0 Å². The molecular weight excluding hydrogens is 445 g/mol. The van der Waals surface area contributed by atoms with E-state index < -0.39 is 17.8 Å². The van der Waals surface area contributed by atoms with Crippen LogP contribution >= 0.6 is 27.5 Å². The third-order valence-electron chi connectivity index (χ3n) is 3.84. The van der Waals surface area contributed by atoms with Crippen molar-refractivity contribution in [2.24, 2.45) is 0 Å². The number of hydrogen-bond acceptors (Lipinski definition) is 4. The van der Waals surface area contributed by atoms with E-state index in [1.54, 1.807) is 18.2 Å². The van der Waals surface area contributed by atoms with Crippen LogP contribution in [0.25, 0.3) is 11.0 Å². The molecular formula is C17H12BrClFN3O4. The van der Waals surface area contributed by atoms with E-state index in [0.29, 0.717) is 10.2 Å². The number of halogens is 3. The summed E-state index contributed by atoms with van der Waals surface area (Å²) in [6.45, 7) is 0.0373. The predicted molar refractivity (Wildman–Crippen MR) is 101 cm³/mol. The minimum atomic E-state index is -1.35. The molecule has 0 saturated heterocycles. The largest absolute Gasteiger partial charge is 0.481 e. The van der Waals surface area contributed by atoms with Crippen molar-refractivity contribution >= 4 is 61.9 Å². The molecule has 0 amide bonds. The number of anilines is 2. The number of nitrogens with one attached hydrogen (secondary N) is 1. The second kappa shape index (κ2) is 7.53. The number of aromatic nitrogens is 2. The van der Waals surface area contributed by atoms with Gasteiger partial charge in [-0.15, -0.1) is 0 Å². The lowest BCUT2D eigenvalue weighted by atomic mass is 10.1. The Morgan fingerprint density at radius 1 is 1.30 bits per heavy atom. The Bertz CT molecular complexity index is 1070. The van der Waals surface area contributed by atoms with Gasteiger partial charge in [0.05, 0.1) is 40.2 Å². The highest BCUT2D eigenvalue weighted by Crippen LogP contribution is 2.34. The van der Waals surface area contributed by atoms with Gasteiger partial charge in [0.1, 0.15) is 5.52 Å². The van der Waals surface area contributed by atoms with Crippen molar-refractivity contribution in [3.8, 4) is 0 Å². The van der Waals surface area contributed by atoms with Crippen LogP contribution in [-0.4, -0.2) is 31.7 Å². The first kappa shape index (κ1) is 19.1. The maximum absolute atomic E-state index is 15.0. The zero-order valence-corrected chi connectivity index (χ0v) is 15.9. The molecule has 0 atom stereocenters. The molecule has 0 fully saturated rings. The Morgan fingerprint density at radius 2 is 2.04 bits per heavy atom. The van der Waals surface area contributed by atoms with Gasteiger partial charge in [-0.3, -0.25) is 4.79 Å². The average Bonchev–Trinajstić information content (AvgIpc) is 3.00. The third kappa shape index (κ3) is 3.88. The molecule has 0 radical (unpaired) electrons. The first-order chi connectivity index (χ1) is 12.8. The van der Waals surface area contributed by atoms with Gasteiger partial charge in [-0.25, -0.2) is 14.2 Å². The molecule has 0 aliphatic carbocycles. The number of benzene rings is 2. The molecule has 2 aromatic carbocycles. The maximum Gasteiger partial charge on any atom is 0.338 e. The molecule has 10 heteroatoms. The van der Waals surface area contributed by atoms with Crippen molar-refractivity contribution in [2.45, 2.75) is 13.0 Å². The fraction of sp³-hybridized carbons (Fsp3) is 0.118. The van der Waals surface area contributed by atoms with Crippen LogP contribution in [0.1, 0.15) is 16.8 Å². The Balaban J connectivity index is 2.12. The number of aliphatic carboxylic acids is 1. The van der Waals surface area contributed by atoms with Crippen molar-refractivity contribution in [1.82, 2.24) is 9.55 Å². The molecule has 27 heavy (non-hydrogen) atoms. The number of carbonyl (C=O) groups is 2. The van der Waals surface area contributed by atoms with Crippen LogP contribution in [0.3, 0.4) is 0 Å². The fourth-order valence-electron chi connectivity index (χ4n) is 2.57. The number of aromatic carboxylic acids is 1. The quantitative estimate of drug-likeness (QED) is 0.504. The summed E-state index contributed by atoms with van der Waals surface area (Å²) >= 11 is 9.38. The zero-order valence-electron chi connectivity index (χ0n) is 13.5. The van der Waals surface area contributed by atoms with Gasteiger partial charge < -0.3 is 20.1 Å². The molecule has 0 bridgehead atoms. The van der Waals surface area contributed by atoms with E-state index in [1.165, 1.54) is 17.0 Å². The van der Waals surface area contributed by atoms with Crippen LogP contribution in [0.4, 0.5) is 15.8 Å². The van der Waals surface area contributed by atoms with Gasteiger partial charge in [-0.2, -0.15) is 0 Å². The average molecular weight is 457 g/mol. The number of hydrogen-bond donors (Lipinski definition) is 3. The second-order valence-electron chi connectivity index (χ2n) is 5.62. The Hall–Kier alpha value is -2.65. The molecule has 7 nitrogen and oxygen atoms in total. The minimum Gasteiger partial charge on any atom is -0.481 e.